The summed E-state index contributed by atoms with van der Waals surface area (Å²) in [5.41, 5.74) is 0. The Hall–Kier alpha value is -1.66. The van der Waals surface area contributed by atoms with Crippen LogP contribution in [0.1, 0.15) is 31.1 Å². The zero-order valence-electron chi connectivity index (χ0n) is 16.9. The number of thioether (sulfide) groups is 1. The predicted octanol–water partition coefficient (Wildman–Crippen LogP) is -0.170. The molecule has 4 rings (SSSR count). The lowest BCUT2D eigenvalue weighted by Gasteiger charge is -2.34. The van der Waals surface area contributed by atoms with E-state index < -0.39 is 9.84 Å². The Morgan fingerprint density at radius 2 is 1.70 bits per heavy atom. The molecule has 4 heterocycles. The highest BCUT2D eigenvalue weighted by atomic mass is 32.2. The Morgan fingerprint density at radius 1 is 1.00 bits per heavy atom. The Balaban J connectivity index is 1.19. The molecule has 0 N–H and O–H groups in total. The molecule has 3 aliphatic rings. The first-order chi connectivity index (χ1) is 14.4. The maximum Gasteiger partial charge on any atom is 0.277 e. The van der Waals surface area contributed by atoms with Gasteiger partial charge in [0.25, 0.3) is 5.22 Å². The summed E-state index contributed by atoms with van der Waals surface area (Å²) in [6, 6.07) is 0. The molecule has 10 nitrogen and oxygen atoms in total. The van der Waals surface area contributed by atoms with E-state index in [2.05, 4.69) is 15.1 Å². The molecule has 3 aliphatic heterocycles. The van der Waals surface area contributed by atoms with E-state index in [0.29, 0.717) is 45.0 Å². The number of hydrogen-bond donors (Lipinski definition) is 0. The molecular formula is C18H27N5O5S2. The second kappa shape index (κ2) is 9.23. The van der Waals surface area contributed by atoms with Crippen molar-refractivity contribution < 1.29 is 22.4 Å². The lowest BCUT2D eigenvalue weighted by atomic mass is 10.1. The first kappa shape index (κ1) is 21.6. The van der Waals surface area contributed by atoms with Gasteiger partial charge in [0.2, 0.25) is 17.7 Å². The van der Waals surface area contributed by atoms with Gasteiger partial charge in [-0.15, -0.1) is 10.2 Å². The van der Waals surface area contributed by atoms with Gasteiger partial charge in [-0.05, 0) is 19.3 Å². The Kier molecular flexibility index (Phi) is 6.63. The molecule has 30 heavy (non-hydrogen) atoms. The van der Waals surface area contributed by atoms with Gasteiger partial charge in [-0.2, -0.15) is 0 Å². The summed E-state index contributed by atoms with van der Waals surface area (Å²) in [5, 5.41) is 8.18. The standard InChI is InChI=1S/C18H27N5O5S2/c24-15(22-4-1-2-5-22)11-21-6-8-23(9-7-21)16(25)12-29-18-20-19-17(28-18)14-3-10-30(26,27)13-14/h14H,1-13H2/t14-/m1/s1. The number of aromatic nitrogens is 2. The smallest absolute Gasteiger partial charge is 0.277 e. The lowest BCUT2D eigenvalue weighted by Crippen LogP contribution is -2.51. The van der Waals surface area contributed by atoms with Crippen LogP contribution in [0, 0.1) is 0 Å². The summed E-state index contributed by atoms with van der Waals surface area (Å²) < 4.78 is 28.7. The second-order valence-corrected chi connectivity index (χ2v) is 11.2. The largest absolute Gasteiger partial charge is 0.416 e. The Bertz CT molecular complexity index is 875. The highest BCUT2D eigenvalue weighted by molar-refractivity contribution is 7.99. The average Bonchev–Trinajstić information content (AvgIpc) is 3.47. The van der Waals surface area contributed by atoms with Gasteiger partial charge in [0, 0.05) is 39.3 Å². The fourth-order valence-corrected chi connectivity index (χ4v) is 6.47. The minimum absolute atomic E-state index is 0.00582. The zero-order chi connectivity index (χ0) is 21.1. The molecule has 1 aromatic heterocycles. The first-order valence-electron chi connectivity index (χ1n) is 10.3. The zero-order valence-corrected chi connectivity index (χ0v) is 18.5. The molecule has 0 radical (unpaired) electrons. The van der Waals surface area contributed by atoms with Crippen molar-refractivity contribution in [2.75, 3.05) is 63.1 Å². The number of likely N-dealkylation sites (tertiary alicyclic amines) is 1. The Morgan fingerprint density at radius 3 is 2.37 bits per heavy atom. The van der Waals surface area contributed by atoms with Gasteiger partial charge in [0.15, 0.2) is 9.84 Å². The number of rotatable bonds is 6. The molecule has 0 unspecified atom stereocenters. The highest BCUT2D eigenvalue weighted by Crippen LogP contribution is 2.29. The van der Waals surface area contributed by atoms with Gasteiger partial charge >= 0.3 is 0 Å². The SMILES string of the molecule is O=C(CSc1nnc([C@@H]2CCS(=O)(=O)C2)o1)N1CCN(CC(=O)N2CCCC2)CC1. The normalized spacial score (nSPS) is 24.5. The van der Waals surface area contributed by atoms with E-state index in [9.17, 15) is 18.0 Å². The number of hydrogen-bond acceptors (Lipinski definition) is 9. The fourth-order valence-electron chi connectivity index (χ4n) is 4.06. The number of piperazine rings is 1. The molecule has 12 heteroatoms. The fraction of sp³-hybridized carbons (Fsp3) is 0.778. The van der Waals surface area contributed by atoms with Crippen LogP contribution in [0.5, 0.6) is 0 Å². The van der Waals surface area contributed by atoms with E-state index in [0.717, 1.165) is 25.9 Å². The summed E-state index contributed by atoms with van der Waals surface area (Å²) >= 11 is 1.17. The van der Waals surface area contributed by atoms with Gasteiger partial charge < -0.3 is 14.2 Å². The molecule has 1 aromatic rings. The van der Waals surface area contributed by atoms with Crippen LogP contribution in [0.2, 0.25) is 0 Å². The molecule has 166 valence electrons. The van der Waals surface area contributed by atoms with E-state index in [1.807, 2.05) is 4.90 Å². The second-order valence-electron chi connectivity index (χ2n) is 8.04. The van der Waals surface area contributed by atoms with Crippen LogP contribution in [-0.2, 0) is 19.4 Å². The third-order valence-electron chi connectivity index (χ3n) is 5.87. The van der Waals surface area contributed by atoms with Gasteiger partial charge in [0.05, 0.1) is 29.7 Å². The van der Waals surface area contributed by atoms with Gasteiger partial charge in [-0.25, -0.2) is 8.42 Å². The summed E-state index contributed by atoms with van der Waals surface area (Å²) in [5.74, 6) is 0.654. The summed E-state index contributed by atoms with van der Waals surface area (Å²) in [6.07, 6.45) is 2.68. The third kappa shape index (κ3) is 5.33. The van der Waals surface area contributed by atoms with E-state index in [1.54, 1.807) is 4.90 Å². The summed E-state index contributed by atoms with van der Waals surface area (Å²) in [4.78, 5) is 30.6. The molecule has 1 atom stereocenters. The summed E-state index contributed by atoms with van der Waals surface area (Å²) in [7, 11) is -3.01. The van der Waals surface area contributed by atoms with E-state index in [-0.39, 0.29) is 40.2 Å². The van der Waals surface area contributed by atoms with Crippen molar-refractivity contribution in [1.29, 1.82) is 0 Å². The minimum atomic E-state index is -3.01. The van der Waals surface area contributed by atoms with Crippen LogP contribution in [0.4, 0.5) is 0 Å². The van der Waals surface area contributed by atoms with Crippen LogP contribution in [0.25, 0.3) is 0 Å². The van der Waals surface area contributed by atoms with Crippen LogP contribution < -0.4 is 0 Å². The number of nitrogens with zero attached hydrogens (tertiary/aromatic N) is 5. The first-order valence-corrected chi connectivity index (χ1v) is 13.1. The maximum atomic E-state index is 12.5. The van der Waals surface area contributed by atoms with Crippen molar-refractivity contribution in [3.63, 3.8) is 0 Å². The molecule has 0 bridgehead atoms. The van der Waals surface area contributed by atoms with Crippen molar-refractivity contribution in [1.82, 2.24) is 24.9 Å². The molecule has 2 amide bonds. The van der Waals surface area contributed by atoms with E-state index >= 15 is 0 Å². The molecule has 0 saturated carbocycles. The quantitative estimate of drug-likeness (QED) is 0.537. The van der Waals surface area contributed by atoms with Crippen LogP contribution >= 0.6 is 11.8 Å². The number of carbonyl (C=O) groups excluding carboxylic acids is 2. The lowest BCUT2D eigenvalue weighted by molar-refractivity contribution is -0.133. The van der Waals surface area contributed by atoms with Gasteiger partial charge in [-0.3, -0.25) is 14.5 Å². The molecule has 3 saturated heterocycles. The molecule has 0 aromatic carbocycles. The monoisotopic (exact) mass is 457 g/mol. The van der Waals surface area contributed by atoms with Gasteiger partial charge in [0.1, 0.15) is 0 Å². The van der Waals surface area contributed by atoms with Crippen molar-refractivity contribution >= 4 is 33.4 Å². The van der Waals surface area contributed by atoms with Crippen molar-refractivity contribution in [3.05, 3.63) is 5.89 Å². The van der Waals surface area contributed by atoms with Crippen molar-refractivity contribution in [2.45, 2.75) is 30.4 Å². The van der Waals surface area contributed by atoms with Crippen LogP contribution in [0.3, 0.4) is 0 Å². The van der Waals surface area contributed by atoms with Gasteiger partial charge in [-0.1, -0.05) is 11.8 Å². The van der Waals surface area contributed by atoms with Crippen molar-refractivity contribution in [2.24, 2.45) is 0 Å². The van der Waals surface area contributed by atoms with E-state index in [1.165, 1.54) is 11.8 Å². The number of amides is 2. The molecule has 0 spiro atoms. The topological polar surface area (TPSA) is 117 Å². The minimum Gasteiger partial charge on any atom is -0.416 e. The molecular weight excluding hydrogens is 430 g/mol. The van der Waals surface area contributed by atoms with E-state index in [4.69, 9.17) is 4.42 Å². The molecule has 3 fully saturated rings. The van der Waals surface area contributed by atoms with Crippen LogP contribution in [-0.4, -0.2) is 108 Å². The third-order valence-corrected chi connectivity index (χ3v) is 8.44. The van der Waals surface area contributed by atoms with Crippen LogP contribution in [0.15, 0.2) is 9.64 Å². The Labute approximate surface area is 180 Å². The van der Waals surface area contributed by atoms with Crippen molar-refractivity contribution in [3.8, 4) is 0 Å². The average molecular weight is 458 g/mol. The summed E-state index contributed by atoms with van der Waals surface area (Å²) in [6.45, 7) is 4.74. The number of carbonyl (C=O) groups is 2. The molecule has 0 aliphatic carbocycles. The predicted molar refractivity (Wildman–Crippen MR) is 110 cm³/mol. The number of sulfone groups is 1. The highest BCUT2D eigenvalue weighted by Gasteiger charge is 2.33. The maximum absolute atomic E-state index is 12.5.